The van der Waals surface area contributed by atoms with Crippen LogP contribution in [-0.4, -0.2) is 23.0 Å². The van der Waals surface area contributed by atoms with Crippen molar-refractivity contribution in [3.63, 3.8) is 0 Å². The number of nitrogens with zero attached hydrogens (tertiary/aromatic N) is 2. The molecule has 0 unspecified atom stereocenters. The van der Waals surface area contributed by atoms with Gasteiger partial charge in [0.15, 0.2) is 0 Å². The number of hydrazone groups is 1. The molecule has 8 nitrogen and oxygen atoms in total. The molecular weight excluding hydrogens is 312 g/mol. The average molecular weight is 326 g/mol. The molecule has 0 radical (unpaired) electrons. The van der Waals surface area contributed by atoms with Gasteiger partial charge < -0.3 is 5.32 Å². The summed E-state index contributed by atoms with van der Waals surface area (Å²) >= 11 is 0. The van der Waals surface area contributed by atoms with E-state index in [1.165, 1.54) is 30.5 Å². The lowest BCUT2D eigenvalue weighted by Gasteiger charge is -2.03. The third-order valence-electron chi connectivity index (χ3n) is 2.99. The van der Waals surface area contributed by atoms with Crippen molar-refractivity contribution in [1.29, 1.82) is 0 Å². The van der Waals surface area contributed by atoms with Crippen LogP contribution >= 0.6 is 0 Å². The van der Waals surface area contributed by atoms with Crippen LogP contribution < -0.4 is 10.7 Å². The third kappa shape index (κ3) is 5.02. The van der Waals surface area contributed by atoms with Gasteiger partial charge in [0, 0.05) is 18.7 Å². The van der Waals surface area contributed by atoms with Crippen molar-refractivity contribution >= 4 is 23.7 Å². The summed E-state index contributed by atoms with van der Waals surface area (Å²) < 4.78 is 0. The Kier molecular flexibility index (Phi) is 5.73. The summed E-state index contributed by atoms with van der Waals surface area (Å²) in [5, 5.41) is 16.6. The molecule has 2 aromatic rings. The van der Waals surface area contributed by atoms with Crippen molar-refractivity contribution < 1.29 is 14.5 Å². The molecule has 0 fully saturated rings. The number of rotatable bonds is 5. The SMILES string of the molecule is O=C(NCc1ccccc1)C(=O)N/N=C/c1ccc([N+](=O)[O-])cc1. The first-order valence-electron chi connectivity index (χ1n) is 6.96. The Labute approximate surface area is 137 Å². The van der Waals surface area contributed by atoms with E-state index in [2.05, 4.69) is 15.8 Å². The first-order chi connectivity index (χ1) is 11.6. The van der Waals surface area contributed by atoms with Crippen LogP contribution in [0.4, 0.5) is 5.69 Å². The van der Waals surface area contributed by atoms with E-state index in [0.29, 0.717) is 5.56 Å². The molecule has 0 saturated heterocycles. The van der Waals surface area contributed by atoms with E-state index in [9.17, 15) is 19.7 Å². The minimum Gasteiger partial charge on any atom is -0.344 e. The Morgan fingerprint density at radius 3 is 2.33 bits per heavy atom. The van der Waals surface area contributed by atoms with Crippen LogP contribution in [0.2, 0.25) is 0 Å². The van der Waals surface area contributed by atoms with Gasteiger partial charge in [-0.05, 0) is 23.3 Å². The summed E-state index contributed by atoms with van der Waals surface area (Å²) in [4.78, 5) is 33.2. The molecule has 0 atom stereocenters. The van der Waals surface area contributed by atoms with E-state index < -0.39 is 16.7 Å². The Morgan fingerprint density at radius 1 is 1.04 bits per heavy atom. The summed E-state index contributed by atoms with van der Waals surface area (Å²) in [6, 6.07) is 14.7. The molecule has 8 heteroatoms. The predicted molar refractivity (Wildman–Crippen MR) is 87.1 cm³/mol. The summed E-state index contributed by atoms with van der Waals surface area (Å²) in [5.41, 5.74) is 3.46. The fourth-order valence-electron chi connectivity index (χ4n) is 1.76. The van der Waals surface area contributed by atoms with E-state index >= 15 is 0 Å². The highest BCUT2D eigenvalue weighted by atomic mass is 16.6. The lowest BCUT2D eigenvalue weighted by atomic mass is 10.2. The fourth-order valence-corrected chi connectivity index (χ4v) is 1.76. The third-order valence-corrected chi connectivity index (χ3v) is 2.99. The van der Waals surface area contributed by atoms with Gasteiger partial charge in [0.1, 0.15) is 0 Å². The van der Waals surface area contributed by atoms with Crippen molar-refractivity contribution in [3.8, 4) is 0 Å². The number of amides is 2. The van der Waals surface area contributed by atoms with Crippen molar-refractivity contribution in [3.05, 3.63) is 75.8 Å². The van der Waals surface area contributed by atoms with Crippen LogP contribution in [0.5, 0.6) is 0 Å². The Hall–Kier alpha value is -3.55. The maximum Gasteiger partial charge on any atom is 0.329 e. The van der Waals surface area contributed by atoms with E-state index in [-0.39, 0.29) is 12.2 Å². The Morgan fingerprint density at radius 2 is 1.71 bits per heavy atom. The second-order valence-electron chi connectivity index (χ2n) is 4.72. The van der Waals surface area contributed by atoms with Crippen molar-refractivity contribution in [2.45, 2.75) is 6.54 Å². The van der Waals surface area contributed by atoms with Crippen molar-refractivity contribution in [1.82, 2.24) is 10.7 Å². The van der Waals surface area contributed by atoms with E-state index in [4.69, 9.17) is 0 Å². The summed E-state index contributed by atoms with van der Waals surface area (Å²) in [6.07, 6.45) is 1.28. The number of nitro groups is 1. The van der Waals surface area contributed by atoms with Gasteiger partial charge >= 0.3 is 11.8 Å². The van der Waals surface area contributed by atoms with Crippen molar-refractivity contribution in [2.24, 2.45) is 5.10 Å². The molecule has 2 rings (SSSR count). The van der Waals surface area contributed by atoms with Crippen LogP contribution in [0, 0.1) is 10.1 Å². The van der Waals surface area contributed by atoms with Gasteiger partial charge in [-0.2, -0.15) is 5.10 Å². The second kappa shape index (κ2) is 8.18. The van der Waals surface area contributed by atoms with Gasteiger partial charge in [-0.3, -0.25) is 19.7 Å². The molecule has 0 aliphatic rings. The monoisotopic (exact) mass is 326 g/mol. The number of nitrogens with one attached hydrogen (secondary N) is 2. The second-order valence-corrected chi connectivity index (χ2v) is 4.72. The van der Waals surface area contributed by atoms with Crippen LogP contribution in [0.1, 0.15) is 11.1 Å². The van der Waals surface area contributed by atoms with Crippen LogP contribution in [0.15, 0.2) is 59.7 Å². The zero-order valence-corrected chi connectivity index (χ0v) is 12.5. The molecule has 0 aliphatic heterocycles. The molecule has 0 heterocycles. The zero-order chi connectivity index (χ0) is 17.4. The van der Waals surface area contributed by atoms with Gasteiger partial charge in [0.05, 0.1) is 11.1 Å². The van der Waals surface area contributed by atoms with Crippen LogP contribution in [-0.2, 0) is 16.1 Å². The average Bonchev–Trinajstić information content (AvgIpc) is 2.61. The summed E-state index contributed by atoms with van der Waals surface area (Å²) in [5.74, 6) is -1.70. The maximum absolute atomic E-state index is 11.6. The maximum atomic E-state index is 11.6. The molecule has 2 amide bonds. The molecule has 0 bridgehead atoms. The molecular formula is C16H14N4O4. The quantitative estimate of drug-likeness (QED) is 0.374. The van der Waals surface area contributed by atoms with Crippen LogP contribution in [0.3, 0.4) is 0 Å². The lowest BCUT2D eigenvalue weighted by Crippen LogP contribution is -2.37. The van der Waals surface area contributed by atoms with Gasteiger partial charge in [-0.15, -0.1) is 0 Å². The normalized spacial score (nSPS) is 10.3. The zero-order valence-electron chi connectivity index (χ0n) is 12.5. The lowest BCUT2D eigenvalue weighted by molar-refractivity contribution is -0.384. The smallest absolute Gasteiger partial charge is 0.329 e. The summed E-state index contributed by atoms with van der Waals surface area (Å²) in [7, 11) is 0. The molecule has 122 valence electrons. The molecule has 0 aromatic heterocycles. The molecule has 0 aliphatic carbocycles. The topological polar surface area (TPSA) is 114 Å². The number of hydrogen-bond acceptors (Lipinski definition) is 5. The Balaban J connectivity index is 1.81. The van der Waals surface area contributed by atoms with Gasteiger partial charge in [-0.1, -0.05) is 30.3 Å². The molecule has 0 saturated carbocycles. The molecule has 0 spiro atoms. The number of carbonyl (C=O) groups is 2. The highest BCUT2D eigenvalue weighted by Gasteiger charge is 2.11. The van der Waals surface area contributed by atoms with Gasteiger partial charge in [0.2, 0.25) is 0 Å². The van der Waals surface area contributed by atoms with Crippen molar-refractivity contribution in [2.75, 3.05) is 0 Å². The van der Waals surface area contributed by atoms with Gasteiger partial charge in [0.25, 0.3) is 5.69 Å². The largest absolute Gasteiger partial charge is 0.344 e. The number of nitro benzene ring substituents is 1. The molecule has 2 N–H and O–H groups in total. The van der Waals surface area contributed by atoms with Crippen LogP contribution in [0.25, 0.3) is 0 Å². The van der Waals surface area contributed by atoms with Gasteiger partial charge in [-0.25, -0.2) is 5.43 Å². The number of hydrogen-bond donors (Lipinski definition) is 2. The van der Waals surface area contributed by atoms with E-state index in [0.717, 1.165) is 5.56 Å². The minimum atomic E-state index is -0.899. The van der Waals surface area contributed by atoms with E-state index in [1.807, 2.05) is 30.3 Å². The van der Waals surface area contributed by atoms with E-state index in [1.54, 1.807) is 0 Å². The standard InChI is InChI=1S/C16H14N4O4/c21-15(17-10-12-4-2-1-3-5-12)16(22)19-18-11-13-6-8-14(9-7-13)20(23)24/h1-9,11H,10H2,(H,17,21)(H,19,22)/b18-11+. The Bertz CT molecular complexity index is 757. The molecule has 2 aromatic carbocycles. The highest BCUT2D eigenvalue weighted by Crippen LogP contribution is 2.10. The first-order valence-corrected chi connectivity index (χ1v) is 6.96. The number of non-ortho nitro benzene ring substituents is 1. The minimum absolute atomic E-state index is 0.0449. The first kappa shape index (κ1) is 16.8. The number of benzene rings is 2. The number of carbonyl (C=O) groups excluding carboxylic acids is 2. The summed E-state index contributed by atoms with van der Waals surface area (Å²) in [6.45, 7) is 0.235. The fraction of sp³-hybridized carbons (Fsp3) is 0.0625. The highest BCUT2D eigenvalue weighted by molar-refractivity contribution is 6.35. The predicted octanol–water partition coefficient (Wildman–Crippen LogP) is 1.36. The molecule has 24 heavy (non-hydrogen) atoms.